The average molecular weight is 297 g/mol. The topological polar surface area (TPSA) is 55.4 Å². The van der Waals surface area contributed by atoms with E-state index >= 15 is 0 Å². The highest BCUT2D eigenvalue weighted by Crippen LogP contribution is 2.16. The third kappa shape index (κ3) is 5.84. The first-order valence-electron chi connectivity index (χ1n) is 6.70. The third-order valence-electron chi connectivity index (χ3n) is 3.20. The summed E-state index contributed by atoms with van der Waals surface area (Å²) in [6.07, 6.45) is 2.53. The lowest BCUT2D eigenvalue weighted by molar-refractivity contribution is -0.142. The van der Waals surface area contributed by atoms with E-state index in [0.29, 0.717) is 12.3 Å². The second-order valence-corrected chi connectivity index (χ2v) is 6.42. The Morgan fingerprint density at radius 3 is 2.55 bits per heavy atom. The summed E-state index contributed by atoms with van der Waals surface area (Å²) in [5.41, 5.74) is 0.943. The van der Waals surface area contributed by atoms with Crippen molar-refractivity contribution in [1.29, 1.82) is 0 Å². The summed E-state index contributed by atoms with van der Waals surface area (Å²) in [6.45, 7) is 2.56. The lowest BCUT2D eigenvalue weighted by Gasteiger charge is -2.19. The second-order valence-electron chi connectivity index (χ2n) is 4.86. The van der Waals surface area contributed by atoms with Crippen molar-refractivity contribution >= 4 is 16.8 Å². The summed E-state index contributed by atoms with van der Waals surface area (Å²) in [5, 5.41) is 3.32. The highest BCUT2D eigenvalue weighted by Gasteiger charge is 2.21. The Bertz CT molecular complexity index is 436. The van der Waals surface area contributed by atoms with Crippen LogP contribution in [0, 0.1) is 0 Å². The summed E-state index contributed by atoms with van der Waals surface area (Å²) < 4.78 is 15.9. The molecule has 0 aliphatic heterocycles. The second kappa shape index (κ2) is 8.87. The number of methoxy groups -OCH3 is 1. The van der Waals surface area contributed by atoms with Crippen molar-refractivity contribution in [3.05, 3.63) is 35.9 Å². The van der Waals surface area contributed by atoms with Crippen molar-refractivity contribution in [2.24, 2.45) is 0 Å². The molecule has 0 radical (unpaired) electrons. The summed E-state index contributed by atoms with van der Waals surface area (Å²) in [5.74, 6) is 0.119. The predicted octanol–water partition coefficient (Wildman–Crippen LogP) is 1.69. The minimum absolute atomic E-state index is 0.217. The fourth-order valence-corrected chi connectivity index (χ4v) is 2.61. The van der Waals surface area contributed by atoms with E-state index in [9.17, 15) is 9.00 Å². The van der Waals surface area contributed by atoms with E-state index < -0.39 is 10.8 Å². The molecule has 0 spiro atoms. The zero-order valence-electron chi connectivity index (χ0n) is 12.3. The minimum Gasteiger partial charge on any atom is -0.469 e. The van der Waals surface area contributed by atoms with E-state index in [2.05, 4.69) is 5.32 Å². The molecule has 4 nitrogen and oxygen atoms in total. The van der Waals surface area contributed by atoms with Crippen molar-refractivity contribution in [3.8, 4) is 0 Å². The first-order valence-corrected chi connectivity index (χ1v) is 8.43. The van der Waals surface area contributed by atoms with Gasteiger partial charge < -0.3 is 10.1 Å². The van der Waals surface area contributed by atoms with Gasteiger partial charge >= 0.3 is 5.97 Å². The van der Waals surface area contributed by atoms with Crippen LogP contribution in [-0.2, 0) is 20.3 Å². The summed E-state index contributed by atoms with van der Waals surface area (Å²) in [6, 6.07) is 9.81. The molecule has 0 bridgehead atoms. The van der Waals surface area contributed by atoms with Crippen molar-refractivity contribution in [2.45, 2.75) is 25.3 Å². The van der Waals surface area contributed by atoms with E-state index in [1.54, 1.807) is 6.26 Å². The highest BCUT2D eigenvalue weighted by molar-refractivity contribution is 7.84. The standard InChI is InChI=1S/C15H23NO3S/c1-12(9-10-20(3)18)16-11-14(15(17)19-2)13-7-5-4-6-8-13/h4-8,12,14,16H,9-11H2,1-3H3. The molecule has 112 valence electrons. The van der Waals surface area contributed by atoms with Gasteiger partial charge in [-0.05, 0) is 18.9 Å². The summed E-state index contributed by atoms with van der Waals surface area (Å²) in [4.78, 5) is 11.9. The molecule has 3 unspecified atom stereocenters. The van der Waals surface area contributed by atoms with Gasteiger partial charge in [0.2, 0.25) is 0 Å². The lowest BCUT2D eigenvalue weighted by Crippen LogP contribution is -2.34. The van der Waals surface area contributed by atoms with Gasteiger partial charge in [0.05, 0.1) is 13.0 Å². The van der Waals surface area contributed by atoms with Crippen LogP contribution in [0.25, 0.3) is 0 Å². The van der Waals surface area contributed by atoms with Gasteiger partial charge in [0.15, 0.2) is 0 Å². The van der Waals surface area contributed by atoms with Crippen molar-refractivity contribution in [3.63, 3.8) is 0 Å². The average Bonchev–Trinajstić information content (AvgIpc) is 2.46. The molecule has 0 aromatic heterocycles. The van der Waals surface area contributed by atoms with E-state index in [1.165, 1.54) is 7.11 Å². The monoisotopic (exact) mass is 297 g/mol. The Kier molecular flexibility index (Phi) is 7.47. The first-order chi connectivity index (χ1) is 9.54. The molecule has 1 aromatic carbocycles. The van der Waals surface area contributed by atoms with Crippen LogP contribution in [0.3, 0.4) is 0 Å². The Morgan fingerprint density at radius 1 is 1.35 bits per heavy atom. The van der Waals surface area contributed by atoms with E-state index in [-0.39, 0.29) is 17.9 Å². The van der Waals surface area contributed by atoms with Gasteiger partial charge in [-0.15, -0.1) is 0 Å². The number of nitrogens with one attached hydrogen (secondary N) is 1. The predicted molar refractivity (Wildman–Crippen MR) is 82.2 cm³/mol. The maximum atomic E-state index is 11.9. The molecule has 3 atom stereocenters. The van der Waals surface area contributed by atoms with Gasteiger partial charge in [0, 0.05) is 35.4 Å². The van der Waals surface area contributed by atoms with Gasteiger partial charge in [-0.25, -0.2) is 0 Å². The fraction of sp³-hybridized carbons (Fsp3) is 0.533. The number of rotatable bonds is 8. The van der Waals surface area contributed by atoms with Gasteiger partial charge in [-0.3, -0.25) is 9.00 Å². The summed E-state index contributed by atoms with van der Waals surface area (Å²) in [7, 11) is 0.626. The Labute approximate surface area is 123 Å². The first kappa shape index (κ1) is 16.9. The number of carbonyl (C=O) groups is 1. The lowest BCUT2D eigenvalue weighted by atomic mass is 9.99. The highest BCUT2D eigenvalue weighted by atomic mass is 32.2. The van der Waals surface area contributed by atoms with Crippen LogP contribution in [0.1, 0.15) is 24.8 Å². The molecule has 1 rings (SSSR count). The van der Waals surface area contributed by atoms with Gasteiger partial charge in [-0.1, -0.05) is 30.3 Å². The van der Waals surface area contributed by atoms with Crippen LogP contribution in [0.2, 0.25) is 0 Å². The SMILES string of the molecule is COC(=O)C(CNC(C)CCS(C)=O)c1ccccc1. The van der Waals surface area contributed by atoms with E-state index in [4.69, 9.17) is 4.74 Å². The maximum Gasteiger partial charge on any atom is 0.314 e. The van der Waals surface area contributed by atoms with Crippen molar-refractivity contribution < 1.29 is 13.7 Å². The van der Waals surface area contributed by atoms with Gasteiger partial charge in [0.25, 0.3) is 0 Å². The van der Waals surface area contributed by atoms with E-state index in [0.717, 1.165) is 12.0 Å². The number of benzene rings is 1. The molecule has 0 amide bonds. The molecule has 20 heavy (non-hydrogen) atoms. The van der Waals surface area contributed by atoms with Crippen molar-refractivity contribution in [1.82, 2.24) is 5.32 Å². The van der Waals surface area contributed by atoms with Crippen LogP contribution in [0.4, 0.5) is 0 Å². The number of hydrogen-bond donors (Lipinski definition) is 1. The quantitative estimate of drug-likeness (QED) is 0.742. The van der Waals surface area contributed by atoms with E-state index in [1.807, 2.05) is 37.3 Å². The Morgan fingerprint density at radius 2 is 2.00 bits per heavy atom. The smallest absolute Gasteiger partial charge is 0.314 e. The summed E-state index contributed by atoms with van der Waals surface area (Å²) >= 11 is 0. The minimum atomic E-state index is -0.778. The molecule has 0 fully saturated rings. The largest absolute Gasteiger partial charge is 0.469 e. The molecule has 0 saturated carbocycles. The molecule has 0 aliphatic carbocycles. The van der Waals surface area contributed by atoms with Crippen LogP contribution in [0.15, 0.2) is 30.3 Å². The fourth-order valence-electron chi connectivity index (χ4n) is 1.93. The molecule has 0 heterocycles. The molecule has 0 saturated heterocycles. The zero-order valence-corrected chi connectivity index (χ0v) is 13.1. The van der Waals surface area contributed by atoms with Crippen LogP contribution in [-0.4, -0.2) is 41.9 Å². The molecule has 1 aromatic rings. The molecule has 1 N–H and O–H groups in total. The van der Waals surface area contributed by atoms with Crippen LogP contribution in [0.5, 0.6) is 0 Å². The number of esters is 1. The normalized spacial score (nSPS) is 15.3. The number of carbonyl (C=O) groups excluding carboxylic acids is 1. The number of ether oxygens (including phenoxy) is 1. The van der Waals surface area contributed by atoms with Crippen LogP contribution < -0.4 is 5.32 Å². The molecular formula is C15H23NO3S. The molecule has 0 aliphatic rings. The molecular weight excluding hydrogens is 274 g/mol. The van der Waals surface area contributed by atoms with Gasteiger partial charge in [-0.2, -0.15) is 0 Å². The zero-order chi connectivity index (χ0) is 15.0. The van der Waals surface area contributed by atoms with Crippen molar-refractivity contribution in [2.75, 3.05) is 25.7 Å². The number of hydrogen-bond acceptors (Lipinski definition) is 4. The molecule has 5 heteroatoms. The van der Waals surface area contributed by atoms with Crippen LogP contribution >= 0.6 is 0 Å². The third-order valence-corrected chi connectivity index (χ3v) is 4.01. The Balaban J connectivity index is 2.58. The van der Waals surface area contributed by atoms with Gasteiger partial charge in [0.1, 0.15) is 0 Å². The maximum absolute atomic E-state index is 11.9. The Hall–Kier alpha value is -1.20.